The number of halogens is 2. The van der Waals surface area contributed by atoms with E-state index in [1.54, 1.807) is 10.7 Å². The molecule has 44 heavy (non-hydrogen) atoms. The molecule has 2 aromatic carbocycles. The van der Waals surface area contributed by atoms with Crippen molar-refractivity contribution in [3.8, 4) is 11.1 Å². The molecular weight excluding hydrogens is 583 g/mol. The molecule has 0 atom stereocenters. The van der Waals surface area contributed by atoms with E-state index in [-0.39, 0.29) is 35.2 Å². The van der Waals surface area contributed by atoms with Crippen molar-refractivity contribution in [1.82, 2.24) is 14.9 Å². The third kappa shape index (κ3) is 7.31. The summed E-state index contributed by atoms with van der Waals surface area (Å²) < 4.78 is 21.2. The second-order valence-corrected chi connectivity index (χ2v) is 12.6. The highest BCUT2D eigenvalue weighted by Crippen LogP contribution is 2.34. The fourth-order valence-corrected chi connectivity index (χ4v) is 5.61. The number of aromatic nitrogens is 2. The molecule has 0 radical (unpaired) electrons. The Morgan fingerprint density at radius 1 is 1.16 bits per heavy atom. The van der Waals surface area contributed by atoms with Crippen molar-refractivity contribution < 1.29 is 19.0 Å². The number of carbonyl (C=O) groups is 1. The Morgan fingerprint density at radius 3 is 2.59 bits per heavy atom. The lowest BCUT2D eigenvalue weighted by Gasteiger charge is -2.31. The number of aliphatic imine (C=N–C) groups is 1. The number of hydrogen-bond acceptors (Lipinski definition) is 6. The molecular formula is C33H38ClFN6O3. The number of aliphatic hydroxyl groups excluding tert-OH is 1. The molecule has 1 aliphatic carbocycles. The first kappa shape index (κ1) is 31.3. The lowest BCUT2D eigenvalue weighted by atomic mass is 9.91. The molecule has 9 nitrogen and oxygen atoms in total. The Labute approximate surface area is 261 Å². The lowest BCUT2D eigenvalue weighted by molar-refractivity contribution is 0.0492. The number of aryl methyl sites for hydroxylation is 1. The number of carbonyl (C=O) groups excluding carboxylic acids is 1. The number of aliphatic hydroxyl groups is 1. The van der Waals surface area contributed by atoms with Gasteiger partial charge in [0.1, 0.15) is 17.3 Å². The highest BCUT2D eigenvalue weighted by atomic mass is 35.5. The van der Waals surface area contributed by atoms with Crippen LogP contribution in [-0.2, 0) is 11.3 Å². The molecule has 0 saturated heterocycles. The van der Waals surface area contributed by atoms with Crippen LogP contribution in [0.2, 0.25) is 5.02 Å². The van der Waals surface area contributed by atoms with E-state index in [4.69, 9.17) is 22.1 Å². The minimum atomic E-state index is -0.558. The van der Waals surface area contributed by atoms with E-state index in [1.807, 2.05) is 58.2 Å². The largest absolute Gasteiger partial charge is 0.444 e. The molecule has 0 unspecified atom stereocenters. The molecule has 4 aromatic rings. The first-order chi connectivity index (χ1) is 20.9. The summed E-state index contributed by atoms with van der Waals surface area (Å²) in [6.45, 7) is 7.49. The molecule has 5 rings (SSSR count). The van der Waals surface area contributed by atoms with E-state index in [9.17, 15) is 14.3 Å². The number of alkyl carbamates (subject to hydrolysis) is 1. The Morgan fingerprint density at radius 2 is 1.89 bits per heavy atom. The average Bonchev–Trinajstić information content (AvgIpc) is 3.40. The van der Waals surface area contributed by atoms with Crippen LogP contribution in [0.15, 0.2) is 59.9 Å². The molecule has 1 aliphatic rings. The van der Waals surface area contributed by atoms with Gasteiger partial charge in [0.05, 0.1) is 40.3 Å². The van der Waals surface area contributed by atoms with Gasteiger partial charge in [-0.25, -0.2) is 18.7 Å². The predicted molar refractivity (Wildman–Crippen MR) is 172 cm³/mol. The minimum Gasteiger partial charge on any atom is -0.444 e. The van der Waals surface area contributed by atoms with Gasteiger partial charge in [-0.15, -0.1) is 0 Å². The van der Waals surface area contributed by atoms with E-state index in [2.05, 4.69) is 20.7 Å². The van der Waals surface area contributed by atoms with Crippen LogP contribution in [0.1, 0.15) is 63.1 Å². The van der Waals surface area contributed by atoms with Crippen LogP contribution in [0.4, 0.5) is 20.6 Å². The number of amidine groups is 1. The third-order valence-electron chi connectivity index (χ3n) is 7.65. The number of hydrogen-bond donors (Lipinski definition) is 4. The maximum Gasteiger partial charge on any atom is 0.407 e. The van der Waals surface area contributed by atoms with E-state index in [0.717, 1.165) is 59.1 Å². The molecule has 1 fully saturated rings. The summed E-state index contributed by atoms with van der Waals surface area (Å²) in [5.41, 5.74) is 12.1. The number of rotatable bonds is 7. The number of anilines is 1. The highest BCUT2D eigenvalue weighted by Gasteiger charge is 2.26. The SMILES string of the molecule is Cc1ccc(CO)cc1-c1cc2c(N[C@H]3CC[C@H](NC(=O)OC(C)(C)C)CC3)c(/C(N)=N/c3cc(F)ccc3Cl)cnn2c1. The maximum absolute atomic E-state index is 14.0. The lowest BCUT2D eigenvalue weighted by Crippen LogP contribution is -2.42. The van der Waals surface area contributed by atoms with Gasteiger partial charge < -0.3 is 26.2 Å². The molecule has 0 bridgehead atoms. The standard InChI is InChI=1S/C33H38ClFN6O3/c1-19-5-6-20(18-42)13-25(19)21-14-29-30(38-23-8-10-24(11-9-23)39-32(43)44-33(2,3)4)26(16-37-41(29)17-21)31(36)40-28-15-22(35)7-12-27(28)34/h5-7,12-17,23-24,38,42H,8-11,18H2,1-4H3,(H2,36,40)(H,39,43)/t23-,24-. The van der Waals surface area contributed by atoms with Gasteiger partial charge in [0.15, 0.2) is 0 Å². The van der Waals surface area contributed by atoms with Crippen molar-refractivity contribution in [2.24, 2.45) is 10.7 Å². The molecule has 232 valence electrons. The fraction of sp³-hybridized carbons (Fsp3) is 0.364. The molecule has 0 aliphatic heterocycles. The Balaban J connectivity index is 1.48. The summed E-state index contributed by atoms with van der Waals surface area (Å²) in [6, 6.07) is 11.9. The van der Waals surface area contributed by atoms with Crippen LogP contribution in [0, 0.1) is 12.7 Å². The molecule has 2 heterocycles. The Kier molecular flexibility index (Phi) is 9.12. The van der Waals surface area contributed by atoms with Gasteiger partial charge in [-0.3, -0.25) is 0 Å². The molecule has 2 aromatic heterocycles. The van der Waals surface area contributed by atoms with E-state index >= 15 is 0 Å². The molecule has 5 N–H and O–H groups in total. The van der Waals surface area contributed by atoms with Crippen molar-refractivity contribution in [3.05, 3.63) is 82.4 Å². The Bertz CT molecular complexity index is 1710. The predicted octanol–water partition coefficient (Wildman–Crippen LogP) is 6.88. The number of nitrogens with two attached hydrogens (primary N) is 1. The summed E-state index contributed by atoms with van der Waals surface area (Å²) in [5.74, 6) is -0.335. The molecule has 0 spiro atoms. The fourth-order valence-electron chi connectivity index (χ4n) is 5.45. The number of nitrogens with one attached hydrogen (secondary N) is 2. The molecule has 11 heteroatoms. The summed E-state index contributed by atoms with van der Waals surface area (Å²) in [7, 11) is 0. The van der Waals surface area contributed by atoms with Gasteiger partial charge in [-0.2, -0.15) is 5.10 Å². The van der Waals surface area contributed by atoms with Crippen molar-refractivity contribution in [1.29, 1.82) is 0 Å². The summed E-state index contributed by atoms with van der Waals surface area (Å²) in [5, 5.41) is 21.3. The van der Waals surface area contributed by atoms with Gasteiger partial charge in [0, 0.05) is 29.9 Å². The highest BCUT2D eigenvalue weighted by molar-refractivity contribution is 6.33. The Hall–Kier alpha value is -4.15. The van der Waals surface area contributed by atoms with E-state index < -0.39 is 17.5 Å². The zero-order valence-corrected chi connectivity index (χ0v) is 26.1. The second kappa shape index (κ2) is 12.8. The molecule has 1 amide bonds. The summed E-state index contributed by atoms with van der Waals surface area (Å²) in [6.07, 6.45) is 6.31. The number of nitrogens with zero attached hydrogens (tertiary/aromatic N) is 3. The van der Waals surface area contributed by atoms with Crippen molar-refractivity contribution >= 4 is 40.4 Å². The number of fused-ring (bicyclic) bond motifs is 1. The number of amides is 1. The van der Waals surface area contributed by atoms with Crippen LogP contribution in [0.5, 0.6) is 0 Å². The van der Waals surface area contributed by atoms with Crippen LogP contribution in [0.3, 0.4) is 0 Å². The molecule has 1 saturated carbocycles. The van der Waals surface area contributed by atoms with Gasteiger partial charge in [-0.05, 0) is 94.3 Å². The zero-order chi connectivity index (χ0) is 31.6. The third-order valence-corrected chi connectivity index (χ3v) is 7.97. The quantitative estimate of drug-likeness (QED) is 0.132. The van der Waals surface area contributed by atoms with Gasteiger partial charge in [0.2, 0.25) is 0 Å². The van der Waals surface area contributed by atoms with Crippen LogP contribution in [-0.4, -0.2) is 44.3 Å². The zero-order valence-electron chi connectivity index (χ0n) is 25.3. The summed E-state index contributed by atoms with van der Waals surface area (Å²) >= 11 is 6.29. The van der Waals surface area contributed by atoms with E-state index in [0.29, 0.717) is 5.56 Å². The first-order valence-electron chi connectivity index (χ1n) is 14.7. The van der Waals surface area contributed by atoms with Crippen molar-refractivity contribution in [3.63, 3.8) is 0 Å². The minimum absolute atomic E-state index is 0.0169. The van der Waals surface area contributed by atoms with E-state index in [1.165, 1.54) is 18.2 Å². The topological polar surface area (TPSA) is 126 Å². The first-order valence-corrected chi connectivity index (χ1v) is 15.1. The maximum atomic E-state index is 14.0. The van der Waals surface area contributed by atoms with Crippen LogP contribution in [0.25, 0.3) is 16.6 Å². The number of ether oxygens (including phenoxy) is 1. The normalized spacial score (nSPS) is 17.5. The summed E-state index contributed by atoms with van der Waals surface area (Å²) in [4.78, 5) is 16.8. The van der Waals surface area contributed by atoms with Gasteiger partial charge in [-0.1, -0.05) is 23.7 Å². The smallest absolute Gasteiger partial charge is 0.407 e. The van der Waals surface area contributed by atoms with Crippen molar-refractivity contribution in [2.75, 3.05) is 5.32 Å². The van der Waals surface area contributed by atoms with Gasteiger partial charge in [0.25, 0.3) is 0 Å². The number of benzene rings is 2. The monoisotopic (exact) mass is 620 g/mol. The van der Waals surface area contributed by atoms with Crippen LogP contribution >= 0.6 is 11.6 Å². The average molecular weight is 621 g/mol. The second-order valence-electron chi connectivity index (χ2n) is 12.2. The van der Waals surface area contributed by atoms with Gasteiger partial charge >= 0.3 is 6.09 Å². The van der Waals surface area contributed by atoms with Crippen molar-refractivity contribution in [2.45, 2.75) is 77.7 Å². The van der Waals surface area contributed by atoms with Crippen LogP contribution < -0.4 is 16.4 Å².